The van der Waals surface area contributed by atoms with E-state index in [2.05, 4.69) is 0 Å². The van der Waals surface area contributed by atoms with Crippen LogP contribution in [0, 0.1) is 0 Å². The molecule has 0 atom stereocenters. The molecule has 0 fully saturated rings. The first-order chi connectivity index (χ1) is 17.4. The largest absolute Gasteiger partial charge is 0.462 e. The van der Waals surface area contributed by atoms with E-state index in [0.29, 0.717) is 32.3 Å². The lowest BCUT2D eigenvalue weighted by Crippen LogP contribution is -2.13. The van der Waals surface area contributed by atoms with Crippen LogP contribution in [0.1, 0.15) is 69.1 Å². The van der Waals surface area contributed by atoms with Gasteiger partial charge in [0.15, 0.2) is 0 Å². The third-order valence-corrected chi connectivity index (χ3v) is 5.88. The predicted molar refractivity (Wildman–Crippen MR) is 134 cm³/mol. The van der Waals surface area contributed by atoms with Gasteiger partial charge in [-0.1, -0.05) is 24.3 Å². The van der Waals surface area contributed by atoms with Crippen molar-refractivity contribution >= 4 is 56.2 Å². The molecule has 8 heteroatoms. The first-order valence-corrected chi connectivity index (χ1v) is 11.8. The molecule has 4 rings (SSSR count). The Morgan fingerprint density at radius 3 is 0.889 bits per heavy atom. The summed E-state index contributed by atoms with van der Waals surface area (Å²) in [5.41, 5.74) is 0.726. The van der Waals surface area contributed by atoms with Gasteiger partial charge in [-0.2, -0.15) is 0 Å². The van der Waals surface area contributed by atoms with E-state index in [1.54, 1.807) is 52.0 Å². The fourth-order valence-corrected chi connectivity index (χ4v) is 4.50. The van der Waals surface area contributed by atoms with E-state index in [1.165, 1.54) is 12.1 Å². The molecule has 0 N–H and O–H groups in total. The number of carbonyl (C=O) groups is 4. The quantitative estimate of drug-likeness (QED) is 0.186. The molecule has 0 bridgehead atoms. The Morgan fingerprint density at radius 1 is 0.472 bits per heavy atom. The SMILES string of the molecule is CCOC(=O)c1cc(C(=O)OCC)c2ccc3c(C(=O)OCC)cc(C(=O)OCC)c4ccc1c2c43. The second-order valence-electron chi connectivity index (χ2n) is 7.90. The monoisotopic (exact) mass is 490 g/mol. The second kappa shape index (κ2) is 10.2. The average Bonchev–Trinajstić information content (AvgIpc) is 2.87. The standard InChI is InChI=1S/C28H26O8/c1-5-33-25(29)19-13-20(26(30)34-6-2)16-11-12-18-22(28(32)36-8-4)14-21(27(31)35-7-3)17-10-9-15(19)23(16)24(17)18/h9-14H,5-8H2,1-4H3. The molecule has 0 aliphatic rings. The van der Waals surface area contributed by atoms with Gasteiger partial charge in [0.25, 0.3) is 0 Å². The molecule has 4 aromatic carbocycles. The first kappa shape index (κ1) is 24.9. The molecule has 8 nitrogen and oxygen atoms in total. The summed E-state index contributed by atoms with van der Waals surface area (Å²) < 4.78 is 21.0. The lowest BCUT2D eigenvalue weighted by Gasteiger charge is -2.19. The number of carbonyl (C=O) groups excluding carboxylic acids is 4. The van der Waals surface area contributed by atoms with Gasteiger partial charge in [-0.05, 0) is 72.1 Å². The number of esters is 4. The molecule has 0 aliphatic heterocycles. The fourth-order valence-electron chi connectivity index (χ4n) is 4.50. The zero-order valence-electron chi connectivity index (χ0n) is 20.6. The molecule has 0 aromatic heterocycles. The molecule has 0 aliphatic carbocycles. The van der Waals surface area contributed by atoms with E-state index >= 15 is 0 Å². The molecule has 0 heterocycles. The Hall–Kier alpha value is -4.20. The highest BCUT2D eigenvalue weighted by atomic mass is 16.5. The minimum absolute atomic E-state index is 0.148. The third kappa shape index (κ3) is 4.08. The lowest BCUT2D eigenvalue weighted by atomic mass is 9.86. The Bertz CT molecular complexity index is 1280. The van der Waals surface area contributed by atoms with Gasteiger partial charge in [-0.15, -0.1) is 0 Å². The highest BCUT2D eigenvalue weighted by Gasteiger charge is 2.27. The van der Waals surface area contributed by atoms with Crippen LogP contribution in [0.25, 0.3) is 32.3 Å². The van der Waals surface area contributed by atoms with Gasteiger partial charge in [0.05, 0.1) is 48.7 Å². The molecule has 0 spiro atoms. The maximum absolute atomic E-state index is 12.9. The second-order valence-corrected chi connectivity index (χ2v) is 7.90. The summed E-state index contributed by atoms with van der Waals surface area (Å²) in [4.78, 5) is 51.7. The van der Waals surface area contributed by atoms with Crippen LogP contribution in [0.5, 0.6) is 0 Å². The Morgan fingerprint density at radius 2 is 0.694 bits per heavy atom. The summed E-state index contributed by atoms with van der Waals surface area (Å²) in [6.07, 6.45) is 0. The predicted octanol–water partition coefficient (Wildman–Crippen LogP) is 5.29. The minimum Gasteiger partial charge on any atom is -0.462 e. The van der Waals surface area contributed by atoms with Gasteiger partial charge in [-0.25, -0.2) is 19.2 Å². The maximum atomic E-state index is 12.9. The van der Waals surface area contributed by atoms with Gasteiger partial charge < -0.3 is 18.9 Å². The van der Waals surface area contributed by atoms with Gasteiger partial charge >= 0.3 is 23.9 Å². The van der Waals surface area contributed by atoms with E-state index in [1.807, 2.05) is 0 Å². The van der Waals surface area contributed by atoms with Crippen LogP contribution in [-0.4, -0.2) is 50.3 Å². The van der Waals surface area contributed by atoms with Gasteiger partial charge in [0, 0.05) is 0 Å². The van der Waals surface area contributed by atoms with Crippen molar-refractivity contribution in [2.45, 2.75) is 27.7 Å². The van der Waals surface area contributed by atoms with Crippen LogP contribution in [0.15, 0.2) is 36.4 Å². The summed E-state index contributed by atoms with van der Waals surface area (Å²) in [6, 6.07) is 9.76. The van der Waals surface area contributed by atoms with E-state index in [4.69, 9.17) is 18.9 Å². The molecule has 36 heavy (non-hydrogen) atoms. The number of hydrogen-bond acceptors (Lipinski definition) is 8. The maximum Gasteiger partial charge on any atom is 0.338 e. The van der Waals surface area contributed by atoms with Crippen molar-refractivity contribution in [2.24, 2.45) is 0 Å². The van der Waals surface area contributed by atoms with Crippen LogP contribution in [0.4, 0.5) is 0 Å². The number of rotatable bonds is 8. The summed E-state index contributed by atoms with van der Waals surface area (Å²) in [5, 5.41) is 3.15. The number of ether oxygens (including phenoxy) is 4. The van der Waals surface area contributed by atoms with Crippen LogP contribution < -0.4 is 0 Å². The molecule has 0 radical (unpaired) electrons. The van der Waals surface area contributed by atoms with Crippen molar-refractivity contribution in [1.82, 2.24) is 0 Å². The molecule has 0 unspecified atom stereocenters. The first-order valence-electron chi connectivity index (χ1n) is 11.8. The van der Waals surface area contributed by atoms with Crippen LogP contribution >= 0.6 is 0 Å². The normalized spacial score (nSPS) is 11.1. The van der Waals surface area contributed by atoms with Crippen LogP contribution in [0.2, 0.25) is 0 Å². The topological polar surface area (TPSA) is 105 Å². The fraction of sp³-hybridized carbons (Fsp3) is 0.286. The van der Waals surface area contributed by atoms with Gasteiger partial charge in [0.2, 0.25) is 0 Å². The Balaban J connectivity index is 2.22. The number of hydrogen-bond donors (Lipinski definition) is 0. The molecule has 0 saturated heterocycles. The van der Waals surface area contributed by atoms with Crippen molar-refractivity contribution in [2.75, 3.05) is 26.4 Å². The summed E-state index contributed by atoms with van der Waals surface area (Å²) in [7, 11) is 0. The zero-order valence-corrected chi connectivity index (χ0v) is 20.6. The summed E-state index contributed by atoms with van der Waals surface area (Å²) >= 11 is 0. The van der Waals surface area contributed by atoms with Crippen molar-refractivity contribution in [3.8, 4) is 0 Å². The average molecular weight is 491 g/mol. The Kier molecular flexibility index (Phi) is 7.05. The molecular weight excluding hydrogens is 464 g/mol. The van der Waals surface area contributed by atoms with Crippen molar-refractivity contribution in [3.05, 3.63) is 58.7 Å². The molecule has 0 saturated carbocycles. The highest BCUT2D eigenvalue weighted by molar-refractivity contribution is 6.32. The van der Waals surface area contributed by atoms with Crippen LogP contribution in [0.3, 0.4) is 0 Å². The van der Waals surface area contributed by atoms with Gasteiger partial charge in [-0.3, -0.25) is 0 Å². The minimum atomic E-state index is -0.600. The van der Waals surface area contributed by atoms with E-state index in [0.717, 1.165) is 0 Å². The molecule has 0 amide bonds. The smallest absolute Gasteiger partial charge is 0.338 e. The Labute approximate surface area is 207 Å². The van der Waals surface area contributed by atoms with Crippen molar-refractivity contribution < 1.29 is 38.1 Å². The zero-order chi connectivity index (χ0) is 26.0. The van der Waals surface area contributed by atoms with Gasteiger partial charge in [0.1, 0.15) is 0 Å². The van der Waals surface area contributed by atoms with E-state index in [9.17, 15) is 19.2 Å². The lowest BCUT2D eigenvalue weighted by molar-refractivity contribution is 0.0509. The van der Waals surface area contributed by atoms with Crippen molar-refractivity contribution in [3.63, 3.8) is 0 Å². The van der Waals surface area contributed by atoms with Crippen LogP contribution in [-0.2, 0) is 18.9 Å². The van der Waals surface area contributed by atoms with Crippen molar-refractivity contribution in [1.29, 1.82) is 0 Å². The molecule has 186 valence electrons. The van der Waals surface area contributed by atoms with E-state index in [-0.39, 0.29) is 48.7 Å². The number of benzene rings is 4. The summed E-state index contributed by atoms with van der Waals surface area (Å²) in [5.74, 6) is -2.40. The van der Waals surface area contributed by atoms with E-state index < -0.39 is 23.9 Å². The summed E-state index contributed by atoms with van der Waals surface area (Å²) in [6.45, 7) is 7.36. The highest BCUT2D eigenvalue weighted by Crippen LogP contribution is 2.41. The molecular formula is C28H26O8. The molecule has 4 aromatic rings. The third-order valence-electron chi connectivity index (χ3n) is 5.88.